The smallest absolute Gasteiger partial charge is 0.396 e. The minimum atomic E-state index is -4.09. The summed E-state index contributed by atoms with van der Waals surface area (Å²) in [5, 5.41) is 2.77. The maximum absolute atomic E-state index is 13.3. The highest BCUT2D eigenvalue weighted by Crippen LogP contribution is 2.38. The first-order valence-electron chi connectivity index (χ1n) is 8.50. The highest BCUT2D eigenvalue weighted by atomic mass is 32.2. The number of thiophene rings is 1. The summed E-state index contributed by atoms with van der Waals surface area (Å²) < 4.78 is 33.4. The number of carbonyl (C=O) groups is 1. The van der Waals surface area contributed by atoms with Gasteiger partial charge >= 0.3 is 4.94 Å². The van der Waals surface area contributed by atoms with Crippen LogP contribution in [0.25, 0.3) is 21.1 Å². The predicted molar refractivity (Wildman–Crippen MR) is 112 cm³/mol. The van der Waals surface area contributed by atoms with Gasteiger partial charge in [0.05, 0.1) is 10.4 Å². The Hall–Kier alpha value is -2.49. The van der Waals surface area contributed by atoms with Crippen molar-refractivity contribution < 1.29 is 17.6 Å². The van der Waals surface area contributed by atoms with E-state index in [1.54, 1.807) is 41.8 Å². The van der Waals surface area contributed by atoms with E-state index in [1.165, 1.54) is 6.07 Å². The van der Waals surface area contributed by atoms with Crippen LogP contribution in [0, 0.1) is 0 Å². The zero-order chi connectivity index (χ0) is 19.9. The Morgan fingerprint density at radius 3 is 2.57 bits per heavy atom. The van der Waals surface area contributed by atoms with Crippen LogP contribution in [-0.2, 0) is 14.8 Å². The van der Waals surface area contributed by atoms with Gasteiger partial charge in [-0.1, -0.05) is 48.6 Å². The minimum absolute atomic E-state index is 0.0819. The normalized spacial score (nSPS) is 11.9. The van der Waals surface area contributed by atoms with Crippen LogP contribution >= 0.6 is 22.7 Å². The standard InChI is InChI=1S/C19H15NO5S3/c1-2-6-16(21)20(28(23,24)17-9-5-10-26-17)14-11-15-18(25-19(22)27-15)13-8-4-3-7-12(13)14/h3-5,7-11H,2,6H2,1H3. The molecule has 0 saturated heterocycles. The van der Waals surface area contributed by atoms with Gasteiger partial charge in [-0.3, -0.25) is 4.79 Å². The molecule has 0 aliphatic rings. The number of carbonyl (C=O) groups excluding carboxylic acids is 1. The third-order valence-electron chi connectivity index (χ3n) is 4.22. The van der Waals surface area contributed by atoms with E-state index in [1.807, 2.05) is 6.92 Å². The topological polar surface area (TPSA) is 84.7 Å². The fraction of sp³-hybridized carbons (Fsp3) is 0.158. The van der Waals surface area contributed by atoms with Gasteiger partial charge in [0.1, 0.15) is 4.21 Å². The molecule has 9 heteroatoms. The lowest BCUT2D eigenvalue weighted by Gasteiger charge is -2.23. The van der Waals surface area contributed by atoms with Gasteiger partial charge in [-0.05, 0) is 23.9 Å². The van der Waals surface area contributed by atoms with Crippen molar-refractivity contribution in [1.29, 1.82) is 0 Å². The number of fused-ring (bicyclic) bond motifs is 3. The second kappa shape index (κ2) is 7.16. The molecule has 0 unspecified atom stereocenters. The summed E-state index contributed by atoms with van der Waals surface area (Å²) >= 11 is 1.93. The van der Waals surface area contributed by atoms with Crippen LogP contribution in [0.4, 0.5) is 5.69 Å². The summed E-state index contributed by atoms with van der Waals surface area (Å²) in [4.78, 5) is 24.2. The van der Waals surface area contributed by atoms with Gasteiger partial charge in [0.25, 0.3) is 10.0 Å². The zero-order valence-electron chi connectivity index (χ0n) is 14.7. The molecule has 0 aliphatic heterocycles. The summed E-state index contributed by atoms with van der Waals surface area (Å²) in [6, 6.07) is 11.6. The molecule has 4 aromatic rings. The lowest BCUT2D eigenvalue weighted by molar-refractivity contribution is -0.117. The van der Waals surface area contributed by atoms with E-state index in [2.05, 4.69) is 0 Å². The maximum Gasteiger partial charge on any atom is 0.396 e. The van der Waals surface area contributed by atoms with Crippen molar-refractivity contribution >= 4 is 65.3 Å². The molecule has 28 heavy (non-hydrogen) atoms. The van der Waals surface area contributed by atoms with Crippen LogP contribution in [-0.4, -0.2) is 14.3 Å². The average Bonchev–Trinajstić information content (AvgIpc) is 3.31. The fourth-order valence-electron chi connectivity index (χ4n) is 3.06. The molecule has 0 aliphatic carbocycles. The van der Waals surface area contributed by atoms with Crippen LogP contribution in [0.1, 0.15) is 19.8 Å². The molecule has 1 amide bonds. The van der Waals surface area contributed by atoms with Crippen molar-refractivity contribution in [2.24, 2.45) is 0 Å². The van der Waals surface area contributed by atoms with Gasteiger partial charge in [0, 0.05) is 17.2 Å². The average molecular weight is 434 g/mol. The molecule has 2 heterocycles. The van der Waals surface area contributed by atoms with Crippen molar-refractivity contribution in [3.05, 3.63) is 57.6 Å². The van der Waals surface area contributed by atoms with Crippen molar-refractivity contribution in [2.45, 2.75) is 24.0 Å². The molecule has 2 aromatic carbocycles. The van der Waals surface area contributed by atoms with E-state index in [-0.39, 0.29) is 16.3 Å². The largest absolute Gasteiger partial charge is 0.413 e. The Kier molecular flexibility index (Phi) is 4.82. The summed E-state index contributed by atoms with van der Waals surface area (Å²) in [7, 11) is -4.09. The van der Waals surface area contributed by atoms with Crippen molar-refractivity contribution in [1.82, 2.24) is 0 Å². The lowest BCUT2D eigenvalue weighted by atomic mass is 10.1. The monoisotopic (exact) mass is 433 g/mol. The molecule has 0 radical (unpaired) electrons. The van der Waals surface area contributed by atoms with E-state index < -0.39 is 20.9 Å². The third-order valence-corrected chi connectivity index (χ3v) is 8.10. The number of sulfonamides is 1. The van der Waals surface area contributed by atoms with Crippen LogP contribution in [0.5, 0.6) is 0 Å². The van der Waals surface area contributed by atoms with Gasteiger partial charge in [0.2, 0.25) is 5.91 Å². The van der Waals surface area contributed by atoms with Crippen LogP contribution < -0.4 is 9.24 Å². The molecule has 0 spiro atoms. The number of hydrogen-bond donors (Lipinski definition) is 0. The Morgan fingerprint density at radius 1 is 1.14 bits per heavy atom. The minimum Gasteiger partial charge on any atom is -0.413 e. The number of nitrogens with zero attached hydrogens (tertiary/aromatic N) is 1. The van der Waals surface area contributed by atoms with E-state index in [0.29, 0.717) is 27.5 Å². The third kappa shape index (κ3) is 3.05. The second-order valence-corrected chi connectivity index (χ2v) is 10.0. The predicted octanol–water partition coefficient (Wildman–Crippen LogP) is 4.59. The molecule has 6 nitrogen and oxygen atoms in total. The Bertz CT molecular complexity index is 1330. The SMILES string of the molecule is CCCC(=O)N(c1cc2sc(=O)oc2c2ccccc12)S(=O)(=O)c1cccs1. The lowest BCUT2D eigenvalue weighted by Crippen LogP contribution is -2.36. The molecule has 4 rings (SSSR count). The number of anilines is 1. The Labute approximate surface area is 168 Å². The van der Waals surface area contributed by atoms with Gasteiger partial charge in [-0.2, -0.15) is 8.42 Å². The van der Waals surface area contributed by atoms with Gasteiger partial charge < -0.3 is 4.42 Å². The first-order valence-corrected chi connectivity index (χ1v) is 11.6. The maximum atomic E-state index is 13.3. The van der Waals surface area contributed by atoms with Gasteiger partial charge in [-0.15, -0.1) is 11.3 Å². The summed E-state index contributed by atoms with van der Waals surface area (Å²) in [6.45, 7) is 1.82. The van der Waals surface area contributed by atoms with Gasteiger partial charge in [-0.25, -0.2) is 9.10 Å². The van der Waals surface area contributed by atoms with Crippen molar-refractivity contribution in [3.63, 3.8) is 0 Å². The molecule has 0 fully saturated rings. The van der Waals surface area contributed by atoms with Crippen LogP contribution in [0.2, 0.25) is 0 Å². The molecule has 0 N–H and O–H groups in total. The number of amides is 1. The molecule has 0 atom stereocenters. The van der Waals surface area contributed by atoms with Crippen LogP contribution in [0.15, 0.2) is 61.3 Å². The Balaban J connectivity index is 2.07. The number of benzene rings is 2. The number of rotatable bonds is 5. The second-order valence-electron chi connectivity index (χ2n) is 6.07. The molecule has 2 aromatic heterocycles. The van der Waals surface area contributed by atoms with E-state index >= 15 is 0 Å². The van der Waals surface area contributed by atoms with E-state index in [9.17, 15) is 18.0 Å². The molecular weight excluding hydrogens is 418 g/mol. The highest BCUT2D eigenvalue weighted by Gasteiger charge is 2.33. The first kappa shape index (κ1) is 18.9. The van der Waals surface area contributed by atoms with Crippen molar-refractivity contribution in [3.8, 4) is 0 Å². The first-order chi connectivity index (χ1) is 13.4. The zero-order valence-corrected chi connectivity index (χ0v) is 17.2. The van der Waals surface area contributed by atoms with Crippen LogP contribution in [0.3, 0.4) is 0 Å². The Morgan fingerprint density at radius 2 is 1.89 bits per heavy atom. The quantitative estimate of drug-likeness (QED) is 0.459. The fourth-order valence-corrected chi connectivity index (χ4v) is 6.31. The summed E-state index contributed by atoms with van der Waals surface area (Å²) in [5.74, 6) is -0.517. The molecule has 144 valence electrons. The summed E-state index contributed by atoms with van der Waals surface area (Å²) in [6.07, 6.45) is 0.590. The van der Waals surface area contributed by atoms with Crippen molar-refractivity contribution in [2.75, 3.05) is 4.31 Å². The highest BCUT2D eigenvalue weighted by molar-refractivity contribution is 7.95. The summed E-state index contributed by atoms with van der Waals surface area (Å²) in [5.41, 5.74) is 0.623. The van der Waals surface area contributed by atoms with E-state index in [4.69, 9.17) is 4.42 Å². The van der Waals surface area contributed by atoms with E-state index in [0.717, 1.165) is 27.0 Å². The number of hydrogen-bond acceptors (Lipinski definition) is 7. The molecular formula is C19H15NO5S3. The molecule has 0 saturated carbocycles. The van der Waals surface area contributed by atoms with Gasteiger partial charge in [0.15, 0.2) is 5.58 Å². The molecule has 0 bridgehead atoms.